The molecule has 0 aliphatic carbocycles. The molecule has 0 rings (SSSR count). The summed E-state index contributed by atoms with van der Waals surface area (Å²) in [4.78, 5) is 0. The maximum absolute atomic E-state index is 5.72. The molecule has 0 aromatic carbocycles. The number of unbranched alkanes of at least 4 members (excludes halogenated alkanes) is 10. The minimum atomic E-state index is -1.28. The Balaban J connectivity index is 0. The van der Waals surface area contributed by atoms with Crippen LogP contribution < -0.4 is 0 Å². The Morgan fingerprint density at radius 1 is 0.650 bits per heavy atom. The van der Waals surface area contributed by atoms with Crippen molar-refractivity contribution in [2.75, 3.05) is 12.3 Å². The first kappa shape index (κ1) is 24.9. The molecule has 0 nitrogen and oxygen atoms in total. The molecule has 0 spiro atoms. The molecule has 20 heavy (non-hydrogen) atoms. The Labute approximate surface area is 181 Å². The van der Waals surface area contributed by atoms with Gasteiger partial charge in [0.2, 0.25) is 0 Å². The predicted octanol–water partition coefficient (Wildman–Crippen LogP) is 6.65. The fourth-order valence-electron chi connectivity index (χ4n) is 2.39. The molecule has 0 aliphatic rings. The van der Waals surface area contributed by atoms with Crippen molar-refractivity contribution in [2.24, 2.45) is 0 Å². The van der Waals surface area contributed by atoms with Gasteiger partial charge in [0.25, 0.3) is 0 Å². The maximum atomic E-state index is 5.72. The van der Waals surface area contributed by atoms with Crippen LogP contribution in [-0.4, -0.2) is 63.7 Å². The van der Waals surface area contributed by atoms with Gasteiger partial charge >= 0.3 is 0 Å². The molecule has 0 fully saturated rings. The van der Waals surface area contributed by atoms with E-state index < -0.39 is 5.24 Å². The predicted molar refractivity (Wildman–Crippen MR) is 106 cm³/mol. The Hall–Kier alpha value is 2.64. The van der Waals surface area contributed by atoms with Crippen LogP contribution in [0, 0.1) is 0 Å². The quantitative estimate of drug-likeness (QED) is 0.156. The average Bonchev–Trinajstić information content (AvgIpc) is 2.38. The van der Waals surface area contributed by atoms with Crippen LogP contribution in [0.3, 0.4) is 0 Å². The molecule has 0 amide bonds. The summed E-state index contributed by atoms with van der Waals surface area (Å²) in [6.45, 7) is 4.54. The molecule has 117 valence electrons. The number of thiol groups is 1. The second-order valence-electron chi connectivity index (χ2n) is 5.83. The zero-order valence-electron chi connectivity index (χ0n) is 14.2. The van der Waals surface area contributed by atoms with Crippen molar-refractivity contribution in [3.8, 4) is 0 Å². The van der Waals surface area contributed by atoms with Crippen molar-refractivity contribution in [3.63, 3.8) is 0 Å². The summed E-state index contributed by atoms with van der Waals surface area (Å²) in [5.74, 6) is 0. The van der Waals surface area contributed by atoms with Gasteiger partial charge in [0.05, 0.1) is 0 Å². The molecule has 0 aromatic rings. The first-order valence-electron chi connectivity index (χ1n) is 8.43. The molecular formula is C16H35KPS2. The van der Waals surface area contributed by atoms with Gasteiger partial charge in [-0.3, -0.25) is 0 Å². The van der Waals surface area contributed by atoms with E-state index in [1.807, 2.05) is 0 Å². The molecule has 0 saturated carbocycles. The molecular weight excluding hydrogens is 326 g/mol. The van der Waals surface area contributed by atoms with E-state index >= 15 is 0 Å². The van der Waals surface area contributed by atoms with Gasteiger partial charge in [-0.05, 0) is 25.2 Å². The van der Waals surface area contributed by atoms with E-state index in [1.54, 1.807) is 0 Å². The molecule has 0 bridgehead atoms. The van der Waals surface area contributed by atoms with E-state index in [0.717, 1.165) is 0 Å². The third-order valence-electron chi connectivity index (χ3n) is 3.72. The summed E-state index contributed by atoms with van der Waals surface area (Å²) in [7, 11) is 0. The summed E-state index contributed by atoms with van der Waals surface area (Å²) < 4.78 is 0. The van der Waals surface area contributed by atoms with Crippen LogP contribution in [-0.2, 0) is 11.8 Å². The molecule has 0 aromatic heterocycles. The number of rotatable bonds is 14. The van der Waals surface area contributed by atoms with E-state index in [2.05, 4.69) is 13.8 Å². The second kappa shape index (κ2) is 18.0. The van der Waals surface area contributed by atoms with Crippen molar-refractivity contribution in [2.45, 2.75) is 90.9 Å². The van der Waals surface area contributed by atoms with Crippen LogP contribution in [0.15, 0.2) is 0 Å². The molecule has 0 atom stereocenters. The third-order valence-corrected chi connectivity index (χ3v) is 8.05. The van der Waals surface area contributed by atoms with Gasteiger partial charge < -0.3 is 0 Å². The fourth-order valence-corrected chi connectivity index (χ4v) is 5.67. The van der Waals surface area contributed by atoms with Crippen molar-refractivity contribution in [1.29, 1.82) is 0 Å². The molecule has 0 unspecified atom stereocenters. The summed E-state index contributed by atoms with van der Waals surface area (Å²) in [5, 5.41) is -1.28. The van der Waals surface area contributed by atoms with Gasteiger partial charge in [0, 0.05) is 56.6 Å². The largest absolute Gasteiger partial charge is 0.141 e. The van der Waals surface area contributed by atoms with E-state index in [-0.39, 0.29) is 51.4 Å². The van der Waals surface area contributed by atoms with E-state index in [4.69, 9.17) is 24.1 Å². The van der Waals surface area contributed by atoms with Gasteiger partial charge in [-0.15, -0.1) is 12.2 Å². The van der Waals surface area contributed by atoms with Gasteiger partial charge in [-0.1, -0.05) is 89.9 Å². The van der Waals surface area contributed by atoms with Crippen LogP contribution >= 0.6 is 17.5 Å². The van der Waals surface area contributed by atoms with Crippen LogP contribution in [0.4, 0.5) is 0 Å². The summed E-state index contributed by atoms with van der Waals surface area (Å²) in [6.07, 6.45) is 18.9. The van der Waals surface area contributed by atoms with Crippen LogP contribution in [0.1, 0.15) is 90.9 Å². The van der Waals surface area contributed by atoms with E-state index in [9.17, 15) is 0 Å². The normalized spacial score (nSPS) is 11.3. The molecule has 4 heteroatoms. The molecule has 0 heterocycles. The monoisotopic (exact) mass is 361 g/mol. The minimum Gasteiger partial charge on any atom is -0.141 e. The maximum Gasteiger partial charge on any atom is 0.00343 e. The van der Waals surface area contributed by atoms with Gasteiger partial charge in [-0.2, -0.15) is 0 Å². The Kier molecular flexibility index (Phi) is 22.4. The van der Waals surface area contributed by atoms with Gasteiger partial charge in [0.15, 0.2) is 0 Å². The minimum absolute atomic E-state index is 0. The SMILES string of the molecule is CCCCCCCCP(=S)(S)CCCCCCCC.[K]. The molecule has 0 saturated heterocycles. The van der Waals surface area contributed by atoms with Crippen LogP contribution in [0.2, 0.25) is 0 Å². The molecule has 1 radical (unpaired) electrons. The van der Waals surface area contributed by atoms with E-state index in [0.29, 0.717) is 0 Å². The Morgan fingerprint density at radius 3 is 1.30 bits per heavy atom. The summed E-state index contributed by atoms with van der Waals surface area (Å²) in [5.41, 5.74) is 0. The third kappa shape index (κ3) is 18.7. The Morgan fingerprint density at radius 2 is 0.950 bits per heavy atom. The first-order valence-corrected chi connectivity index (χ1v) is 12.8. The second-order valence-corrected chi connectivity index (χ2v) is 13.6. The fraction of sp³-hybridized carbons (Fsp3) is 1.00. The smallest absolute Gasteiger partial charge is 0.00343 e. The number of hydrogen-bond acceptors (Lipinski definition) is 1. The van der Waals surface area contributed by atoms with Crippen LogP contribution in [0.5, 0.6) is 0 Å². The zero-order valence-corrected chi connectivity index (χ0v) is 19.9. The van der Waals surface area contributed by atoms with Gasteiger partial charge in [0.1, 0.15) is 0 Å². The van der Waals surface area contributed by atoms with Crippen molar-refractivity contribution >= 4 is 80.7 Å². The van der Waals surface area contributed by atoms with E-state index in [1.165, 1.54) is 89.4 Å². The van der Waals surface area contributed by atoms with Crippen molar-refractivity contribution in [3.05, 3.63) is 0 Å². The topological polar surface area (TPSA) is 0 Å². The number of hydrogen-bond donors (Lipinski definition) is 1. The van der Waals surface area contributed by atoms with Crippen LogP contribution in [0.25, 0.3) is 0 Å². The van der Waals surface area contributed by atoms with Crippen molar-refractivity contribution in [1.82, 2.24) is 0 Å². The molecule has 0 N–H and O–H groups in total. The van der Waals surface area contributed by atoms with Crippen molar-refractivity contribution < 1.29 is 0 Å². The standard InChI is InChI=1S/C16H35PS2.K/c1-3-5-7-9-11-13-15-17(18,19)16-14-12-10-8-6-4-2;/h3-16H2,1-2H3,(H,18,19);. The first-order chi connectivity index (χ1) is 9.12. The summed E-state index contributed by atoms with van der Waals surface area (Å²) in [6, 6.07) is 0. The average molecular weight is 362 g/mol. The molecule has 0 aliphatic heterocycles. The summed E-state index contributed by atoms with van der Waals surface area (Å²) >= 11 is 10.5. The van der Waals surface area contributed by atoms with Gasteiger partial charge in [-0.25, -0.2) is 0 Å². The zero-order chi connectivity index (χ0) is 14.4. The Bertz CT molecular complexity index is 215.